The van der Waals surface area contributed by atoms with Gasteiger partial charge in [0.15, 0.2) is 0 Å². The highest BCUT2D eigenvalue weighted by Gasteiger charge is 2.45. The summed E-state index contributed by atoms with van der Waals surface area (Å²) in [5.74, 6) is 0.182. The number of hydrogen-bond acceptors (Lipinski definition) is 3. The highest BCUT2D eigenvalue weighted by Crippen LogP contribution is 2.43. The molecule has 4 heteroatoms. The zero-order valence-electron chi connectivity index (χ0n) is 17.6. The summed E-state index contributed by atoms with van der Waals surface area (Å²) in [5.41, 5.74) is 3.40. The molecule has 4 rings (SSSR count). The normalized spacial score (nSPS) is 19.5. The SMILES string of the molecule is CCN1CCN(Cc2ccccc2CNC(=O)C2(c3ccccc3)CCC2)CC1. The first kappa shape index (κ1) is 20.1. The molecular weight excluding hydrogens is 358 g/mol. The van der Waals surface area contributed by atoms with Crippen molar-refractivity contribution in [2.75, 3.05) is 32.7 Å². The first-order valence-electron chi connectivity index (χ1n) is 11.1. The van der Waals surface area contributed by atoms with Gasteiger partial charge in [-0.1, -0.05) is 67.9 Å². The smallest absolute Gasteiger partial charge is 0.230 e. The van der Waals surface area contributed by atoms with E-state index in [1.807, 2.05) is 18.2 Å². The predicted molar refractivity (Wildman–Crippen MR) is 118 cm³/mol. The Balaban J connectivity index is 1.39. The summed E-state index contributed by atoms with van der Waals surface area (Å²) in [6.45, 7) is 9.48. The first-order chi connectivity index (χ1) is 14.2. The van der Waals surface area contributed by atoms with Crippen molar-refractivity contribution in [2.24, 2.45) is 0 Å². The number of likely N-dealkylation sites (N-methyl/N-ethyl adjacent to an activating group) is 1. The molecule has 2 aromatic carbocycles. The molecule has 154 valence electrons. The van der Waals surface area contributed by atoms with Crippen molar-refractivity contribution >= 4 is 5.91 Å². The minimum atomic E-state index is -0.327. The first-order valence-corrected chi connectivity index (χ1v) is 11.1. The zero-order valence-corrected chi connectivity index (χ0v) is 17.6. The maximum atomic E-state index is 13.2. The van der Waals surface area contributed by atoms with Gasteiger partial charge in [-0.05, 0) is 36.1 Å². The molecule has 2 aromatic rings. The van der Waals surface area contributed by atoms with Gasteiger partial charge in [-0.15, -0.1) is 0 Å². The van der Waals surface area contributed by atoms with Crippen LogP contribution in [0.15, 0.2) is 54.6 Å². The number of rotatable bonds is 7. The van der Waals surface area contributed by atoms with E-state index in [9.17, 15) is 4.79 Å². The molecule has 1 N–H and O–H groups in total. The summed E-state index contributed by atoms with van der Waals surface area (Å²) < 4.78 is 0. The van der Waals surface area contributed by atoms with Crippen molar-refractivity contribution < 1.29 is 4.79 Å². The third-order valence-electron chi connectivity index (χ3n) is 6.83. The highest BCUT2D eigenvalue weighted by atomic mass is 16.2. The van der Waals surface area contributed by atoms with Crippen LogP contribution in [0.3, 0.4) is 0 Å². The van der Waals surface area contributed by atoms with Crippen LogP contribution in [0.25, 0.3) is 0 Å². The molecule has 0 radical (unpaired) electrons. The van der Waals surface area contributed by atoms with Crippen LogP contribution in [-0.4, -0.2) is 48.4 Å². The van der Waals surface area contributed by atoms with E-state index in [-0.39, 0.29) is 11.3 Å². The second-order valence-corrected chi connectivity index (χ2v) is 8.46. The van der Waals surface area contributed by atoms with Gasteiger partial charge < -0.3 is 10.2 Å². The molecule has 0 bridgehead atoms. The Morgan fingerprint density at radius 2 is 1.52 bits per heavy atom. The van der Waals surface area contributed by atoms with Crippen LogP contribution in [0.1, 0.15) is 42.9 Å². The summed E-state index contributed by atoms with van der Waals surface area (Å²) in [6, 6.07) is 18.9. The lowest BCUT2D eigenvalue weighted by molar-refractivity contribution is -0.130. The standard InChI is InChI=1S/C25H33N3O/c1-2-27-15-17-28(18-16-27)20-22-10-7-6-9-21(22)19-26-24(29)25(13-8-14-25)23-11-4-3-5-12-23/h3-7,9-12H,2,8,13-20H2,1H3,(H,26,29). The van der Waals surface area contributed by atoms with E-state index in [1.165, 1.54) is 11.1 Å². The van der Waals surface area contributed by atoms with Crippen LogP contribution in [0.5, 0.6) is 0 Å². The van der Waals surface area contributed by atoms with Gasteiger partial charge in [-0.2, -0.15) is 0 Å². The largest absolute Gasteiger partial charge is 0.351 e. The lowest BCUT2D eigenvalue weighted by Gasteiger charge is -2.40. The van der Waals surface area contributed by atoms with Gasteiger partial charge in [0, 0.05) is 39.3 Å². The van der Waals surface area contributed by atoms with E-state index >= 15 is 0 Å². The molecule has 4 nitrogen and oxygen atoms in total. The molecule has 29 heavy (non-hydrogen) atoms. The number of amides is 1. The molecule has 0 atom stereocenters. The van der Waals surface area contributed by atoms with E-state index in [4.69, 9.17) is 0 Å². The van der Waals surface area contributed by atoms with Crippen molar-refractivity contribution in [1.82, 2.24) is 15.1 Å². The fraction of sp³-hybridized carbons (Fsp3) is 0.480. The molecule has 2 aliphatic rings. The number of piperazine rings is 1. The van der Waals surface area contributed by atoms with Crippen molar-refractivity contribution in [1.29, 1.82) is 0 Å². The Morgan fingerprint density at radius 3 is 2.14 bits per heavy atom. The van der Waals surface area contributed by atoms with Crippen molar-refractivity contribution in [2.45, 2.75) is 44.7 Å². The average molecular weight is 392 g/mol. The number of nitrogens with one attached hydrogen (secondary N) is 1. The van der Waals surface area contributed by atoms with Crippen LogP contribution in [0.2, 0.25) is 0 Å². The number of hydrogen-bond donors (Lipinski definition) is 1. The van der Waals surface area contributed by atoms with E-state index in [2.05, 4.69) is 58.4 Å². The summed E-state index contributed by atoms with van der Waals surface area (Å²) in [4.78, 5) is 18.2. The van der Waals surface area contributed by atoms with Crippen LogP contribution < -0.4 is 5.32 Å². The van der Waals surface area contributed by atoms with Crippen LogP contribution in [0.4, 0.5) is 0 Å². The summed E-state index contributed by atoms with van der Waals surface area (Å²) in [7, 11) is 0. The number of carbonyl (C=O) groups is 1. The summed E-state index contributed by atoms with van der Waals surface area (Å²) >= 11 is 0. The Morgan fingerprint density at radius 1 is 0.897 bits per heavy atom. The monoisotopic (exact) mass is 391 g/mol. The fourth-order valence-electron chi connectivity index (χ4n) is 4.67. The minimum absolute atomic E-state index is 0.182. The third-order valence-corrected chi connectivity index (χ3v) is 6.83. The zero-order chi connectivity index (χ0) is 20.1. The van der Waals surface area contributed by atoms with Crippen molar-refractivity contribution in [3.63, 3.8) is 0 Å². The third kappa shape index (κ3) is 4.39. The maximum Gasteiger partial charge on any atom is 0.230 e. The molecule has 1 amide bonds. The average Bonchev–Trinajstić information content (AvgIpc) is 2.74. The van der Waals surface area contributed by atoms with Crippen molar-refractivity contribution in [3.05, 3.63) is 71.3 Å². The number of nitrogens with zero attached hydrogens (tertiary/aromatic N) is 2. The van der Waals surface area contributed by atoms with Crippen LogP contribution in [-0.2, 0) is 23.3 Å². The Bertz CT molecular complexity index is 808. The number of benzene rings is 2. The Kier molecular flexibility index (Phi) is 6.31. The molecule has 0 spiro atoms. The van der Waals surface area contributed by atoms with E-state index in [0.29, 0.717) is 6.54 Å². The van der Waals surface area contributed by atoms with Gasteiger partial charge in [0.05, 0.1) is 5.41 Å². The number of carbonyl (C=O) groups excluding carboxylic acids is 1. The van der Waals surface area contributed by atoms with Gasteiger partial charge in [-0.3, -0.25) is 9.69 Å². The van der Waals surface area contributed by atoms with Gasteiger partial charge >= 0.3 is 0 Å². The molecule has 2 fully saturated rings. The summed E-state index contributed by atoms with van der Waals surface area (Å²) in [6.07, 6.45) is 3.03. The fourth-order valence-corrected chi connectivity index (χ4v) is 4.67. The molecule has 1 aliphatic heterocycles. The highest BCUT2D eigenvalue weighted by molar-refractivity contribution is 5.89. The molecule has 1 saturated carbocycles. The van der Waals surface area contributed by atoms with Gasteiger partial charge in [0.25, 0.3) is 0 Å². The molecule has 0 aromatic heterocycles. The molecular formula is C25H33N3O. The lowest BCUT2D eigenvalue weighted by Crippen LogP contribution is -2.49. The minimum Gasteiger partial charge on any atom is -0.351 e. The van der Waals surface area contributed by atoms with E-state index < -0.39 is 0 Å². The maximum absolute atomic E-state index is 13.2. The van der Waals surface area contributed by atoms with E-state index in [0.717, 1.165) is 64.1 Å². The van der Waals surface area contributed by atoms with E-state index in [1.54, 1.807) is 0 Å². The molecule has 1 aliphatic carbocycles. The second kappa shape index (κ2) is 9.10. The molecule has 1 saturated heterocycles. The van der Waals surface area contributed by atoms with Crippen LogP contribution >= 0.6 is 0 Å². The summed E-state index contributed by atoms with van der Waals surface area (Å²) in [5, 5.41) is 3.27. The van der Waals surface area contributed by atoms with Crippen molar-refractivity contribution in [3.8, 4) is 0 Å². The quantitative estimate of drug-likeness (QED) is 0.784. The predicted octanol–water partition coefficient (Wildman–Crippen LogP) is 3.56. The second-order valence-electron chi connectivity index (χ2n) is 8.46. The van der Waals surface area contributed by atoms with Gasteiger partial charge in [0.1, 0.15) is 0 Å². The topological polar surface area (TPSA) is 35.6 Å². The van der Waals surface area contributed by atoms with Gasteiger partial charge in [0.2, 0.25) is 5.91 Å². The van der Waals surface area contributed by atoms with Crippen LogP contribution in [0, 0.1) is 0 Å². The Hall–Kier alpha value is -2.17. The molecule has 0 unspecified atom stereocenters. The molecule has 1 heterocycles. The lowest BCUT2D eigenvalue weighted by atomic mass is 9.64. The Labute approximate surface area is 174 Å². The van der Waals surface area contributed by atoms with Gasteiger partial charge in [-0.25, -0.2) is 0 Å².